The van der Waals surface area contributed by atoms with Gasteiger partial charge in [0.2, 0.25) is 0 Å². The van der Waals surface area contributed by atoms with E-state index in [0.717, 1.165) is 10.1 Å². The monoisotopic (exact) mass is 462 g/mol. The molecule has 0 bridgehead atoms. The highest BCUT2D eigenvalue weighted by atomic mass is 16.6. The van der Waals surface area contributed by atoms with Crippen LogP contribution in [-0.2, 0) is 25.4 Å². The third-order valence-corrected chi connectivity index (χ3v) is 6.32. The molecule has 2 aromatic carbocycles. The van der Waals surface area contributed by atoms with Crippen molar-refractivity contribution in [1.29, 1.82) is 0 Å². The van der Waals surface area contributed by atoms with Crippen molar-refractivity contribution in [2.75, 3.05) is 13.7 Å². The second-order valence-corrected chi connectivity index (χ2v) is 8.14. The Kier molecular flexibility index (Phi) is 5.09. The largest absolute Gasteiger partial charge is 0.497 e. The minimum Gasteiger partial charge on any atom is -0.497 e. The average molecular weight is 462 g/mol. The number of non-ortho nitro benzene ring substituents is 1. The molecule has 3 heterocycles. The highest BCUT2D eigenvalue weighted by Crippen LogP contribution is 2.41. The number of methoxy groups -OCH3 is 1. The summed E-state index contributed by atoms with van der Waals surface area (Å²) in [5.74, 6) is 0.686. The van der Waals surface area contributed by atoms with Crippen molar-refractivity contribution in [1.82, 2.24) is 13.7 Å². The van der Waals surface area contributed by atoms with E-state index in [0.29, 0.717) is 46.8 Å². The van der Waals surface area contributed by atoms with Gasteiger partial charge in [0.15, 0.2) is 0 Å². The number of aryl methyl sites for hydroxylation is 1. The van der Waals surface area contributed by atoms with Gasteiger partial charge in [-0.1, -0.05) is 0 Å². The molecule has 0 spiro atoms. The summed E-state index contributed by atoms with van der Waals surface area (Å²) < 4.78 is 16.0. The number of rotatable bonds is 4. The highest BCUT2D eigenvalue weighted by Gasteiger charge is 2.33. The van der Waals surface area contributed by atoms with E-state index < -0.39 is 22.3 Å². The summed E-state index contributed by atoms with van der Waals surface area (Å²) >= 11 is 0. The van der Waals surface area contributed by atoms with E-state index in [1.807, 2.05) is 28.8 Å². The molecule has 0 radical (unpaired) electrons. The first kappa shape index (κ1) is 21.7. The Morgan fingerprint density at radius 3 is 2.32 bits per heavy atom. The second-order valence-electron chi connectivity index (χ2n) is 8.14. The zero-order valence-corrected chi connectivity index (χ0v) is 18.8. The van der Waals surface area contributed by atoms with E-state index in [9.17, 15) is 19.7 Å². The quantitative estimate of drug-likeness (QED) is 0.341. The van der Waals surface area contributed by atoms with Crippen LogP contribution in [0.1, 0.15) is 17.4 Å². The normalized spacial score (nSPS) is 15.3. The predicted octanol–water partition coefficient (Wildman–Crippen LogP) is 2.74. The number of nitro benzene ring substituents is 1. The fraction of sp³-hybridized carbons (Fsp3) is 0.250. The maximum absolute atomic E-state index is 13.4. The van der Waals surface area contributed by atoms with Gasteiger partial charge in [-0.05, 0) is 47.5 Å². The smallest absolute Gasteiger partial charge is 0.331 e. The standard InChI is InChI=1S/C24H22N4O6/c1-25-20-18(23(29)26(2)24(25)30)19(14-6-10-17(33-3)11-7-14)27-12-13-34-22(21(20)27)15-4-8-16(9-5-15)28(31)32/h4-11,22H,12-13H2,1-3H3. The summed E-state index contributed by atoms with van der Waals surface area (Å²) in [6.07, 6.45) is -0.609. The number of hydrogen-bond donors (Lipinski definition) is 0. The number of nitrogens with zero attached hydrogens (tertiary/aromatic N) is 4. The van der Waals surface area contributed by atoms with Crippen molar-refractivity contribution >= 4 is 16.6 Å². The van der Waals surface area contributed by atoms with E-state index in [1.165, 1.54) is 23.7 Å². The summed E-state index contributed by atoms with van der Waals surface area (Å²) in [7, 11) is 4.67. The van der Waals surface area contributed by atoms with Crippen molar-refractivity contribution in [3.8, 4) is 17.0 Å². The Morgan fingerprint density at radius 1 is 1.03 bits per heavy atom. The fourth-order valence-electron chi connectivity index (χ4n) is 4.65. The van der Waals surface area contributed by atoms with Crippen LogP contribution in [0.2, 0.25) is 0 Å². The minimum atomic E-state index is -0.609. The molecule has 10 nitrogen and oxygen atoms in total. The SMILES string of the molecule is COc1ccc(-c2c3c(=O)n(C)c(=O)n(C)c3c3n2CCOC3c2ccc([N+](=O)[O-])cc2)cc1. The summed E-state index contributed by atoms with van der Waals surface area (Å²) in [6.45, 7) is 0.846. The first-order valence-corrected chi connectivity index (χ1v) is 10.7. The molecule has 0 saturated heterocycles. The van der Waals surface area contributed by atoms with Gasteiger partial charge in [-0.2, -0.15) is 0 Å². The molecule has 0 aliphatic carbocycles. The molecule has 1 atom stereocenters. The molecule has 2 aromatic heterocycles. The second kappa shape index (κ2) is 7.99. The van der Waals surface area contributed by atoms with Crippen molar-refractivity contribution in [2.45, 2.75) is 12.6 Å². The Labute approximate surface area is 193 Å². The Hall–Kier alpha value is -4.18. The maximum atomic E-state index is 13.4. The van der Waals surface area contributed by atoms with Gasteiger partial charge >= 0.3 is 5.69 Å². The lowest BCUT2D eigenvalue weighted by Crippen LogP contribution is -2.37. The first-order chi connectivity index (χ1) is 16.3. The highest BCUT2D eigenvalue weighted by molar-refractivity contribution is 5.96. The Bertz CT molecular complexity index is 1540. The molecule has 174 valence electrons. The molecule has 1 aliphatic rings. The van der Waals surface area contributed by atoms with Gasteiger partial charge in [-0.15, -0.1) is 0 Å². The van der Waals surface area contributed by atoms with Crippen LogP contribution in [0.15, 0.2) is 58.1 Å². The molecule has 1 unspecified atom stereocenters. The number of aromatic nitrogens is 3. The number of hydrogen-bond acceptors (Lipinski definition) is 6. The molecule has 0 fully saturated rings. The zero-order chi connectivity index (χ0) is 24.1. The van der Waals surface area contributed by atoms with Crippen LogP contribution >= 0.6 is 0 Å². The Balaban J connectivity index is 1.85. The lowest BCUT2D eigenvalue weighted by Gasteiger charge is -2.27. The molecule has 1 aliphatic heterocycles. The molecule has 5 rings (SSSR count). The number of benzene rings is 2. The average Bonchev–Trinajstić information content (AvgIpc) is 3.22. The molecule has 0 saturated carbocycles. The molecule has 0 N–H and O–H groups in total. The third kappa shape index (κ3) is 3.14. The van der Waals surface area contributed by atoms with Crippen LogP contribution in [0.3, 0.4) is 0 Å². The van der Waals surface area contributed by atoms with Gasteiger partial charge in [0.25, 0.3) is 11.2 Å². The van der Waals surface area contributed by atoms with Gasteiger partial charge in [0, 0.05) is 32.8 Å². The van der Waals surface area contributed by atoms with E-state index in [4.69, 9.17) is 9.47 Å². The van der Waals surface area contributed by atoms with Gasteiger partial charge in [0.1, 0.15) is 11.9 Å². The van der Waals surface area contributed by atoms with Gasteiger partial charge in [-0.25, -0.2) is 4.79 Å². The van der Waals surface area contributed by atoms with Crippen LogP contribution in [0.4, 0.5) is 5.69 Å². The third-order valence-electron chi connectivity index (χ3n) is 6.32. The molecular weight excluding hydrogens is 440 g/mol. The molecular formula is C24H22N4O6. The van der Waals surface area contributed by atoms with Crippen LogP contribution < -0.4 is 16.0 Å². The van der Waals surface area contributed by atoms with E-state index >= 15 is 0 Å². The van der Waals surface area contributed by atoms with E-state index in [-0.39, 0.29) is 5.69 Å². The Morgan fingerprint density at radius 2 is 1.71 bits per heavy atom. The lowest BCUT2D eigenvalue weighted by atomic mass is 10.0. The van der Waals surface area contributed by atoms with Gasteiger partial charge in [-0.3, -0.25) is 24.0 Å². The summed E-state index contributed by atoms with van der Waals surface area (Å²) in [6, 6.07) is 13.5. The van der Waals surface area contributed by atoms with Crippen LogP contribution in [0, 0.1) is 10.1 Å². The van der Waals surface area contributed by atoms with Gasteiger partial charge in [0.05, 0.1) is 40.9 Å². The van der Waals surface area contributed by atoms with Crippen molar-refractivity contribution in [3.63, 3.8) is 0 Å². The maximum Gasteiger partial charge on any atom is 0.331 e. The number of ether oxygens (including phenoxy) is 2. The van der Waals surface area contributed by atoms with Crippen LogP contribution in [0.5, 0.6) is 5.75 Å². The zero-order valence-electron chi connectivity index (χ0n) is 18.8. The van der Waals surface area contributed by atoms with Crippen LogP contribution in [-0.4, -0.2) is 32.3 Å². The first-order valence-electron chi connectivity index (χ1n) is 10.7. The number of fused-ring (bicyclic) bond motifs is 3. The van der Waals surface area contributed by atoms with E-state index in [2.05, 4.69) is 0 Å². The predicted molar refractivity (Wildman–Crippen MR) is 125 cm³/mol. The van der Waals surface area contributed by atoms with Gasteiger partial charge < -0.3 is 14.0 Å². The molecule has 34 heavy (non-hydrogen) atoms. The van der Waals surface area contributed by atoms with Crippen LogP contribution in [0.25, 0.3) is 22.2 Å². The summed E-state index contributed by atoms with van der Waals surface area (Å²) in [5.41, 5.74) is 2.48. The molecule has 10 heteroatoms. The minimum absolute atomic E-state index is 0.0278. The van der Waals surface area contributed by atoms with Crippen molar-refractivity contribution in [2.24, 2.45) is 14.1 Å². The number of nitro groups is 1. The summed E-state index contributed by atoms with van der Waals surface area (Å²) in [4.78, 5) is 36.9. The van der Waals surface area contributed by atoms with Crippen molar-refractivity contribution in [3.05, 3.63) is 90.7 Å². The molecule has 4 aromatic rings. The lowest BCUT2D eigenvalue weighted by molar-refractivity contribution is -0.384. The summed E-state index contributed by atoms with van der Waals surface area (Å²) in [5, 5.41) is 11.5. The topological polar surface area (TPSA) is 111 Å². The molecule has 0 amide bonds. The van der Waals surface area contributed by atoms with Crippen molar-refractivity contribution < 1.29 is 14.4 Å². The van der Waals surface area contributed by atoms with E-state index in [1.54, 1.807) is 26.3 Å². The fourth-order valence-corrected chi connectivity index (χ4v) is 4.65.